The van der Waals surface area contributed by atoms with Crippen molar-refractivity contribution in [3.8, 4) is 11.3 Å². The fraction of sp³-hybridized carbons (Fsp3) is 0.0500. The molecule has 0 fully saturated rings. The number of carboxylic acids is 1. The van der Waals surface area contributed by atoms with Gasteiger partial charge in [0.25, 0.3) is 5.91 Å². The number of aryl methyl sites for hydroxylation is 1. The minimum Gasteiger partial charge on any atom is -0.478 e. The zero-order valence-corrected chi connectivity index (χ0v) is 16.4. The fourth-order valence-corrected chi connectivity index (χ4v) is 4.02. The Morgan fingerprint density at radius 3 is 2.80 bits per heavy atom. The minimum absolute atomic E-state index is 0.131. The van der Waals surface area contributed by atoms with Gasteiger partial charge in [0, 0.05) is 5.56 Å². The molecule has 1 amide bonds. The molecule has 0 atom stereocenters. The van der Waals surface area contributed by atoms with Crippen molar-refractivity contribution in [2.45, 2.75) is 6.92 Å². The van der Waals surface area contributed by atoms with Gasteiger partial charge in [-0.25, -0.2) is 20.2 Å². The summed E-state index contributed by atoms with van der Waals surface area (Å²) in [6, 6.07) is 9.79. The van der Waals surface area contributed by atoms with Crippen LogP contribution in [-0.2, 0) is 0 Å². The molecule has 0 spiro atoms. The number of benzene rings is 1. The Labute approximate surface area is 173 Å². The summed E-state index contributed by atoms with van der Waals surface area (Å²) in [4.78, 5) is 33.0. The van der Waals surface area contributed by atoms with E-state index in [-0.39, 0.29) is 5.56 Å². The van der Waals surface area contributed by atoms with Crippen LogP contribution in [0.25, 0.3) is 21.5 Å². The normalized spacial score (nSPS) is 11.2. The lowest BCUT2D eigenvalue weighted by atomic mass is 10.1. The molecule has 1 aromatic carbocycles. The summed E-state index contributed by atoms with van der Waals surface area (Å²) in [7, 11) is 0. The maximum atomic E-state index is 12.5. The number of aromatic nitrogens is 2. The lowest BCUT2D eigenvalue weighted by molar-refractivity contribution is 0.0697. The van der Waals surface area contributed by atoms with Crippen molar-refractivity contribution < 1.29 is 19.1 Å². The summed E-state index contributed by atoms with van der Waals surface area (Å²) in [5, 5.41) is 13.9. The van der Waals surface area contributed by atoms with Gasteiger partial charge in [-0.2, -0.15) is 5.10 Å². The Morgan fingerprint density at radius 2 is 2.03 bits per heavy atom. The van der Waals surface area contributed by atoms with Crippen molar-refractivity contribution in [2.75, 3.05) is 5.73 Å². The fourth-order valence-electron chi connectivity index (χ4n) is 2.97. The predicted octanol–water partition coefficient (Wildman–Crippen LogP) is 3.30. The van der Waals surface area contributed by atoms with E-state index in [0.29, 0.717) is 43.6 Å². The first-order valence-electron chi connectivity index (χ1n) is 8.71. The first-order chi connectivity index (χ1) is 14.5. The maximum absolute atomic E-state index is 12.5. The van der Waals surface area contributed by atoms with Crippen molar-refractivity contribution in [1.82, 2.24) is 15.4 Å². The van der Waals surface area contributed by atoms with E-state index < -0.39 is 11.9 Å². The second-order valence-corrected chi connectivity index (χ2v) is 7.25. The Kier molecular flexibility index (Phi) is 4.98. The van der Waals surface area contributed by atoms with E-state index in [0.717, 1.165) is 0 Å². The molecular formula is C20H15N5O4S. The van der Waals surface area contributed by atoms with Gasteiger partial charge in [0.1, 0.15) is 28.5 Å². The highest BCUT2D eigenvalue weighted by Crippen LogP contribution is 2.31. The average Bonchev–Trinajstić information content (AvgIpc) is 3.33. The van der Waals surface area contributed by atoms with Crippen molar-refractivity contribution in [1.29, 1.82) is 0 Å². The Balaban J connectivity index is 1.51. The van der Waals surface area contributed by atoms with Gasteiger partial charge in [0.2, 0.25) is 0 Å². The molecule has 0 aliphatic carbocycles. The molecule has 3 heterocycles. The molecule has 3 aromatic heterocycles. The van der Waals surface area contributed by atoms with Crippen molar-refractivity contribution in [2.24, 2.45) is 5.10 Å². The molecule has 4 N–H and O–H groups in total. The van der Waals surface area contributed by atoms with Crippen LogP contribution in [0, 0.1) is 6.92 Å². The summed E-state index contributed by atoms with van der Waals surface area (Å²) in [6.07, 6.45) is 2.69. The number of nitrogens with one attached hydrogen (secondary N) is 1. The summed E-state index contributed by atoms with van der Waals surface area (Å²) < 4.78 is 5.64. The maximum Gasteiger partial charge on any atom is 0.336 e. The summed E-state index contributed by atoms with van der Waals surface area (Å²) >= 11 is 1.20. The number of carboxylic acid groups (broad SMARTS) is 1. The van der Waals surface area contributed by atoms with Gasteiger partial charge < -0.3 is 15.3 Å². The zero-order valence-electron chi connectivity index (χ0n) is 15.6. The number of nitrogens with zero attached hydrogens (tertiary/aromatic N) is 3. The smallest absolute Gasteiger partial charge is 0.336 e. The minimum atomic E-state index is -1.05. The number of thiophene rings is 1. The van der Waals surface area contributed by atoms with E-state index in [1.54, 1.807) is 37.3 Å². The molecule has 0 saturated heterocycles. The molecule has 0 aliphatic rings. The number of hydrogen-bond donors (Lipinski definition) is 3. The number of hydrogen-bond acceptors (Lipinski definition) is 8. The first kappa shape index (κ1) is 19.3. The van der Waals surface area contributed by atoms with Crippen LogP contribution >= 0.6 is 11.3 Å². The van der Waals surface area contributed by atoms with Crippen LogP contribution in [0.15, 0.2) is 52.2 Å². The third-order valence-electron chi connectivity index (χ3n) is 4.37. The third-order valence-corrected chi connectivity index (χ3v) is 5.57. The number of furan rings is 1. The number of aromatic carboxylic acids is 1. The van der Waals surface area contributed by atoms with E-state index >= 15 is 0 Å². The van der Waals surface area contributed by atoms with Gasteiger partial charge in [0.05, 0.1) is 22.0 Å². The van der Waals surface area contributed by atoms with E-state index in [1.807, 2.05) is 0 Å². The predicted molar refractivity (Wildman–Crippen MR) is 113 cm³/mol. The summed E-state index contributed by atoms with van der Waals surface area (Å²) in [6.45, 7) is 1.77. The van der Waals surface area contributed by atoms with Gasteiger partial charge in [-0.15, -0.1) is 11.3 Å². The molecule has 0 saturated carbocycles. The highest BCUT2D eigenvalue weighted by atomic mass is 32.1. The largest absolute Gasteiger partial charge is 0.478 e. The van der Waals surface area contributed by atoms with Crippen molar-refractivity contribution in [3.63, 3.8) is 0 Å². The second kappa shape index (κ2) is 7.76. The van der Waals surface area contributed by atoms with E-state index in [2.05, 4.69) is 20.5 Å². The highest BCUT2D eigenvalue weighted by molar-refractivity contribution is 7.20. The van der Waals surface area contributed by atoms with Crippen molar-refractivity contribution in [3.05, 3.63) is 64.5 Å². The molecule has 0 radical (unpaired) electrons. The topological polar surface area (TPSA) is 144 Å². The molecule has 9 nitrogen and oxygen atoms in total. The standard InChI is InChI=1S/C20H15N5O4S/c1-10-15-17(21)22-9-23-19(15)30-16(10)18(26)25-24-8-11-6-7-14(29-11)12-4-2-3-5-13(12)20(27)28/h2-9H,1H3,(H,25,26)(H,27,28)(H2,21,22,23)/b24-8-. The average molecular weight is 421 g/mol. The van der Waals surface area contributed by atoms with Crippen molar-refractivity contribution >= 4 is 45.5 Å². The van der Waals surface area contributed by atoms with E-state index in [9.17, 15) is 14.7 Å². The number of carbonyl (C=O) groups is 2. The van der Waals surface area contributed by atoms with Gasteiger partial charge >= 0.3 is 5.97 Å². The number of rotatable bonds is 5. The molecule has 10 heteroatoms. The Bertz CT molecular complexity index is 1310. The van der Waals surface area contributed by atoms with Crippen LogP contribution in [0.2, 0.25) is 0 Å². The molecule has 4 aromatic rings. The number of fused-ring (bicyclic) bond motifs is 1. The third kappa shape index (κ3) is 3.51. The molecule has 4 rings (SSSR count). The Morgan fingerprint density at radius 1 is 1.23 bits per heavy atom. The van der Waals surface area contributed by atoms with Crippen LogP contribution in [0.4, 0.5) is 5.82 Å². The van der Waals surface area contributed by atoms with Crippen LogP contribution in [-0.4, -0.2) is 33.2 Å². The van der Waals surface area contributed by atoms with Crippen LogP contribution in [0.1, 0.15) is 31.4 Å². The quantitative estimate of drug-likeness (QED) is 0.331. The number of amides is 1. The number of nitrogen functional groups attached to an aromatic ring is 1. The Hall–Kier alpha value is -4.05. The number of nitrogens with two attached hydrogens (primary N) is 1. The number of carbonyl (C=O) groups excluding carboxylic acids is 1. The molecular weight excluding hydrogens is 406 g/mol. The monoisotopic (exact) mass is 421 g/mol. The van der Waals surface area contributed by atoms with E-state index in [4.69, 9.17) is 10.2 Å². The van der Waals surface area contributed by atoms with Crippen LogP contribution < -0.4 is 11.2 Å². The molecule has 0 unspecified atom stereocenters. The second-order valence-electron chi connectivity index (χ2n) is 6.25. The SMILES string of the molecule is Cc1c(C(=O)N/N=C\c2ccc(-c3ccccc3C(=O)O)o2)sc2ncnc(N)c12. The summed E-state index contributed by atoms with van der Waals surface area (Å²) in [5.41, 5.74) is 9.59. The molecule has 30 heavy (non-hydrogen) atoms. The molecule has 0 bridgehead atoms. The van der Waals surface area contributed by atoms with Crippen LogP contribution in [0.3, 0.4) is 0 Å². The van der Waals surface area contributed by atoms with Crippen LogP contribution in [0.5, 0.6) is 0 Å². The first-order valence-corrected chi connectivity index (χ1v) is 9.53. The van der Waals surface area contributed by atoms with Gasteiger partial charge in [-0.05, 0) is 30.7 Å². The zero-order chi connectivity index (χ0) is 21.3. The van der Waals surface area contributed by atoms with Gasteiger partial charge in [-0.3, -0.25) is 4.79 Å². The van der Waals surface area contributed by atoms with Gasteiger partial charge in [0.15, 0.2) is 0 Å². The summed E-state index contributed by atoms with van der Waals surface area (Å²) in [5.74, 6) is -0.396. The van der Waals surface area contributed by atoms with Gasteiger partial charge in [-0.1, -0.05) is 18.2 Å². The lowest BCUT2D eigenvalue weighted by Crippen LogP contribution is -2.17. The van der Waals surface area contributed by atoms with E-state index in [1.165, 1.54) is 29.9 Å². The molecule has 150 valence electrons. The number of anilines is 1. The lowest BCUT2D eigenvalue weighted by Gasteiger charge is -2.01. The number of hydrazone groups is 1. The molecule has 0 aliphatic heterocycles. The highest BCUT2D eigenvalue weighted by Gasteiger charge is 2.18.